The first kappa shape index (κ1) is 15.5. The molecule has 0 spiro atoms. The Morgan fingerprint density at radius 3 is 2.67 bits per heavy atom. The van der Waals surface area contributed by atoms with Gasteiger partial charge >= 0.3 is 0 Å². The van der Waals surface area contributed by atoms with Crippen LogP contribution in [0.3, 0.4) is 0 Å². The highest BCUT2D eigenvalue weighted by molar-refractivity contribution is 5.94. The summed E-state index contributed by atoms with van der Waals surface area (Å²) in [4.78, 5) is 22.4. The molecule has 1 aliphatic carbocycles. The predicted octanol–water partition coefficient (Wildman–Crippen LogP) is 3.60. The first-order valence-electron chi connectivity index (χ1n) is 7.61. The number of carbonyl (C=O) groups is 1. The topological polar surface area (TPSA) is 72.2 Å². The van der Waals surface area contributed by atoms with E-state index in [1.165, 1.54) is 44.2 Å². The fourth-order valence-corrected chi connectivity index (χ4v) is 2.97. The normalized spacial score (nSPS) is 15.7. The zero-order chi connectivity index (χ0) is 15.2. The van der Waals surface area contributed by atoms with Crippen LogP contribution >= 0.6 is 0 Å². The summed E-state index contributed by atoms with van der Waals surface area (Å²) in [5.74, 6) is 0.585. The summed E-state index contributed by atoms with van der Waals surface area (Å²) in [6, 6.07) is 4.49. The second-order valence-corrected chi connectivity index (χ2v) is 5.81. The lowest BCUT2D eigenvalue weighted by molar-refractivity contribution is -0.385. The Labute approximate surface area is 124 Å². The lowest BCUT2D eigenvalue weighted by Crippen LogP contribution is -2.26. The highest BCUT2D eigenvalue weighted by Gasteiger charge is 2.15. The van der Waals surface area contributed by atoms with Gasteiger partial charge in [0.2, 0.25) is 0 Å². The molecule has 0 bridgehead atoms. The zero-order valence-electron chi connectivity index (χ0n) is 12.4. The zero-order valence-corrected chi connectivity index (χ0v) is 12.4. The van der Waals surface area contributed by atoms with Gasteiger partial charge < -0.3 is 5.32 Å². The summed E-state index contributed by atoms with van der Waals surface area (Å²) in [6.07, 6.45) is 7.52. The smallest absolute Gasteiger partial charge is 0.272 e. The summed E-state index contributed by atoms with van der Waals surface area (Å²) in [6.45, 7) is 2.33. The minimum Gasteiger partial charge on any atom is -0.352 e. The van der Waals surface area contributed by atoms with Crippen LogP contribution in [-0.4, -0.2) is 17.4 Å². The molecule has 1 amide bonds. The van der Waals surface area contributed by atoms with Crippen LogP contribution in [0.5, 0.6) is 0 Å². The van der Waals surface area contributed by atoms with Gasteiger partial charge in [-0.1, -0.05) is 32.1 Å². The standard InChI is InChI=1S/C16H22N2O3/c1-12-11-14(7-8-15(12)18(20)21)16(19)17-10-9-13-5-3-2-4-6-13/h7-8,11,13H,2-6,9-10H2,1H3,(H,17,19). The van der Waals surface area contributed by atoms with Crippen molar-refractivity contribution < 1.29 is 9.72 Å². The van der Waals surface area contributed by atoms with Gasteiger partial charge in [-0.25, -0.2) is 0 Å². The average Bonchev–Trinajstić information content (AvgIpc) is 2.47. The summed E-state index contributed by atoms with van der Waals surface area (Å²) in [5.41, 5.74) is 1.05. The van der Waals surface area contributed by atoms with Gasteiger partial charge in [-0.3, -0.25) is 14.9 Å². The number of benzene rings is 1. The quantitative estimate of drug-likeness (QED) is 0.665. The van der Waals surface area contributed by atoms with Crippen molar-refractivity contribution in [2.24, 2.45) is 5.92 Å². The number of hydrogen-bond donors (Lipinski definition) is 1. The molecule has 5 heteroatoms. The molecule has 1 saturated carbocycles. The van der Waals surface area contributed by atoms with Gasteiger partial charge in [-0.2, -0.15) is 0 Å². The molecular weight excluding hydrogens is 268 g/mol. The first-order chi connectivity index (χ1) is 10.1. The molecule has 2 rings (SSSR count). The van der Waals surface area contributed by atoms with Gasteiger partial charge in [0.1, 0.15) is 0 Å². The van der Waals surface area contributed by atoms with E-state index in [0.717, 1.165) is 12.3 Å². The van der Waals surface area contributed by atoms with Gasteiger partial charge in [-0.05, 0) is 31.4 Å². The Morgan fingerprint density at radius 2 is 2.05 bits per heavy atom. The van der Waals surface area contributed by atoms with Crippen LogP contribution in [0.2, 0.25) is 0 Å². The molecule has 5 nitrogen and oxygen atoms in total. The van der Waals surface area contributed by atoms with Crippen molar-refractivity contribution in [3.05, 3.63) is 39.4 Å². The van der Waals surface area contributed by atoms with Crippen molar-refractivity contribution in [3.8, 4) is 0 Å². The van der Waals surface area contributed by atoms with Gasteiger partial charge in [0.25, 0.3) is 11.6 Å². The molecular formula is C16H22N2O3. The Balaban J connectivity index is 1.85. The number of carbonyl (C=O) groups excluding carboxylic acids is 1. The van der Waals surface area contributed by atoms with Crippen LogP contribution in [0.1, 0.15) is 54.4 Å². The number of rotatable bonds is 5. The van der Waals surface area contributed by atoms with Gasteiger partial charge in [-0.15, -0.1) is 0 Å². The molecule has 1 aromatic rings. The Kier molecular flexibility index (Phi) is 5.31. The number of amides is 1. The van der Waals surface area contributed by atoms with Gasteiger partial charge in [0.15, 0.2) is 0 Å². The molecule has 1 N–H and O–H groups in total. The highest BCUT2D eigenvalue weighted by atomic mass is 16.6. The third kappa shape index (κ3) is 4.28. The minimum absolute atomic E-state index is 0.0498. The van der Waals surface area contributed by atoms with Crippen LogP contribution in [-0.2, 0) is 0 Å². The molecule has 0 saturated heterocycles. The van der Waals surface area contributed by atoms with E-state index in [2.05, 4.69) is 5.32 Å². The maximum atomic E-state index is 12.0. The van der Waals surface area contributed by atoms with Crippen LogP contribution in [0.25, 0.3) is 0 Å². The third-order valence-electron chi connectivity index (χ3n) is 4.22. The summed E-state index contributed by atoms with van der Waals surface area (Å²) in [5, 5.41) is 13.7. The molecule has 0 heterocycles. The van der Waals surface area contributed by atoms with E-state index < -0.39 is 4.92 Å². The van der Waals surface area contributed by atoms with E-state index in [0.29, 0.717) is 17.7 Å². The molecule has 0 aliphatic heterocycles. The Bertz CT molecular complexity index is 522. The average molecular weight is 290 g/mol. The maximum Gasteiger partial charge on any atom is 0.272 e. The molecule has 0 unspecified atom stereocenters. The van der Waals surface area contributed by atoms with Crippen molar-refractivity contribution in [1.82, 2.24) is 5.32 Å². The fraction of sp³-hybridized carbons (Fsp3) is 0.562. The fourth-order valence-electron chi connectivity index (χ4n) is 2.97. The lowest BCUT2D eigenvalue weighted by atomic mass is 9.87. The molecule has 0 radical (unpaired) electrons. The SMILES string of the molecule is Cc1cc(C(=O)NCCC2CCCCC2)ccc1[N+](=O)[O-]. The van der Waals surface area contributed by atoms with E-state index in [9.17, 15) is 14.9 Å². The van der Waals surface area contributed by atoms with Crippen molar-refractivity contribution in [2.45, 2.75) is 45.4 Å². The van der Waals surface area contributed by atoms with Crippen LogP contribution in [0.15, 0.2) is 18.2 Å². The maximum absolute atomic E-state index is 12.0. The molecule has 21 heavy (non-hydrogen) atoms. The molecule has 0 atom stereocenters. The lowest BCUT2D eigenvalue weighted by Gasteiger charge is -2.21. The number of nitro benzene ring substituents is 1. The molecule has 1 fully saturated rings. The monoisotopic (exact) mass is 290 g/mol. The number of aryl methyl sites for hydroxylation is 1. The van der Waals surface area contributed by atoms with E-state index in [1.807, 2.05) is 0 Å². The van der Waals surface area contributed by atoms with Crippen molar-refractivity contribution >= 4 is 11.6 Å². The number of nitrogens with one attached hydrogen (secondary N) is 1. The van der Waals surface area contributed by atoms with Crippen LogP contribution < -0.4 is 5.32 Å². The van der Waals surface area contributed by atoms with Crippen LogP contribution in [0.4, 0.5) is 5.69 Å². The third-order valence-corrected chi connectivity index (χ3v) is 4.22. The summed E-state index contributed by atoms with van der Waals surface area (Å²) >= 11 is 0. The summed E-state index contributed by atoms with van der Waals surface area (Å²) in [7, 11) is 0. The molecule has 114 valence electrons. The molecule has 0 aromatic heterocycles. The largest absolute Gasteiger partial charge is 0.352 e. The van der Waals surface area contributed by atoms with E-state index in [1.54, 1.807) is 13.0 Å². The molecule has 1 aliphatic rings. The number of hydrogen-bond acceptors (Lipinski definition) is 3. The van der Waals surface area contributed by atoms with Crippen molar-refractivity contribution in [3.63, 3.8) is 0 Å². The van der Waals surface area contributed by atoms with E-state index >= 15 is 0 Å². The van der Waals surface area contributed by atoms with E-state index in [4.69, 9.17) is 0 Å². The highest BCUT2D eigenvalue weighted by Crippen LogP contribution is 2.25. The van der Waals surface area contributed by atoms with Crippen molar-refractivity contribution in [2.75, 3.05) is 6.54 Å². The Hall–Kier alpha value is -1.91. The minimum atomic E-state index is -0.430. The van der Waals surface area contributed by atoms with Gasteiger partial charge in [0.05, 0.1) is 4.92 Å². The molecule has 1 aromatic carbocycles. The summed E-state index contributed by atoms with van der Waals surface area (Å²) < 4.78 is 0. The van der Waals surface area contributed by atoms with Gasteiger partial charge in [0, 0.05) is 23.7 Å². The van der Waals surface area contributed by atoms with E-state index in [-0.39, 0.29) is 11.6 Å². The number of nitro groups is 1. The van der Waals surface area contributed by atoms with Crippen molar-refractivity contribution in [1.29, 1.82) is 0 Å². The second-order valence-electron chi connectivity index (χ2n) is 5.81. The number of nitrogens with zero attached hydrogens (tertiary/aromatic N) is 1. The predicted molar refractivity (Wildman–Crippen MR) is 81.4 cm³/mol. The van der Waals surface area contributed by atoms with Crippen LogP contribution in [0, 0.1) is 23.0 Å². The Morgan fingerprint density at radius 1 is 1.33 bits per heavy atom. The second kappa shape index (κ2) is 7.20. The first-order valence-corrected chi connectivity index (χ1v) is 7.61.